The first-order valence-electron chi connectivity index (χ1n) is 6.95. The van der Waals surface area contributed by atoms with Crippen molar-refractivity contribution in [3.8, 4) is 0 Å². The third-order valence-corrected chi connectivity index (χ3v) is 8.53. The summed E-state index contributed by atoms with van der Waals surface area (Å²) in [5.41, 5.74) is -19.2. The predicted molar refractivity (Wildman–Crippen MR) is 81.6 cm³/mol. The molecule has 1 aliphatic rings. The van der Waals surface area contributed by atoms with E-state index in [1.54, 1.807) is 0 Å². The molecule has 0 saturated heterocycles. The first-order chi connectivity index (χ1) is 13.5. The molecule has 0 fully saturated rings. The summed E-state index contributed by atoms with van der Waals surface area (Å²) in [6, 6.07) is 0. The molecule has 0 N–H and O–H groups in total. The van der Waals surface area contributed by atoms with E-state index in [1.807, 2.05) is 0 Å². The first kappa shape index (κ1) is 27.5. The number of hydrogen-bond acceptors (Lipinski definition) is 8. The summed E-state index contributed by atoms with van der Waals surface area (Å²) in [4.78, 5) is -5.11. The fraction of sp³-hybridized carbons (Fsp3) is 0.636. The van der Waals surface area contributed by atoms with E-state index in [1.165, 1.54) is 0 Å². The number of sulfone groups is 3. The van der Waals surface area contributed by atoms with E-state index in [4.69, 9.17) is 0 Å². The maximum Gasteiger partial charge on any atom is 0.502 e. The molecule has 0 bridgehead atoms. The number of hydrogen-bond donors (Lipinski definition) is 0. The largest absolute Gasteiger partial charge is 0.502 e. The van der Waals surface area contributed by atoms with Crippen molar-refractivity contribution in [3.05, 3.63) is 21.6 Å². The minimum atomic E-state index is -6.91. The molecule has 0 aromatic rings. The van der Waals surface area contributed by atoms with Crippen molar-refractivity contribution in [2.45, 2.75) is 27.9 Å². The highest BCUT2D eigenvalue weighted by Gasteiger charge is 2.63. The molecule has 1 rings (SSSR count). The van der Waals surface area contributed by atoms with Crippen molar-refractivity contribution in [3.63, 3.8) is 0 Å². The number of ether oxygens (including phenoxy) is 2. The Morgan fingerprint density at radius 2 is 1.16 bits per heavy atom. The zero-order valence-electron chi connectivity index (χ0n) is 14.6. The third-order valence-electron chi connectivity index (χ3n) is 3.67. The predicted octanol–water partition coefficient (Wildman–Crippen LogP) is 1.93. The minimum Gasteiger partial charge on any atom is -0.498 e. The molecule has 0 heterocycles. The van der Waals surface area contributed by atoms with Gasteiger partial charge in [0.25, 0.3) is 29.5 Å². The summed E-state index contributed by atoms with van der Waals surface area (Å²) in [5, 5.41) is -3.79. The van der Waals surface area contributed by atoms with Gasteiger partial charge in [-0.2, -0.15) is 39.5 Å². The molecule has 0 aliphatic heterocycles. The second-order valence-corrected chi connectivity index (χ2v) is 11.4. The lowest BCUT2D eigenvalue weighted by Gasteiger charge is -2.33. The number of halogens is 9. The summed E-state index contributed by atoms with van der Waals surface area (Å²) >= 11 is 0. The molecule has 20 heteroatoms. The van der Waals surface area contributed by atoms with Crippen LogP contribution in [0.4, 0.5) is 39.5 Å². The molecule has 0 radical (unpaired) electrons. The highest BCUT2D eigenvalue weighted by molar-refractivity contribution is 7.97. The summed E-state index contributed by atoms with van der Waals surface area (Å²) < 4.78 is 196. The highest BCUT2D eigenvalue weighted by Crippen LogP contribution is 2.46. The van der Waals surface area contributed by atoms with E-state index in [9.17, 15) is 64.8 Å². The van der Waals surface area contributed by atoms with Crippen LogP contribution in [-0.4, -0.2) is 67.4 Å². The Labute approximate surface area is 168 Å². The number of allylic oxidation sites excluding steroid dienone is 1. The van der Waals surface area contributed by atoms with Crippen molar-refractivity contribution in [1.82, 2.24) is 0 Å². The number of methoxy groups -OCH3 is 2. The maximum atomic E-state index is 13.1. The van der Waals surface area contributed by atoms with Crippen LogP contribution >= 0.6 is 0 Å². The normalized spacial score (nSPS) is 22.4. The molecule has 31 heavy (non-hydrogen) atoms. The molecule has 0 saturated carbocycles. The van der Waals surface area contributed by atoms with Gasteiger partial charge in [0.05, 0.1) is 12.0 Å². The SMILES string of the molecule is COC1=C(S(=O)(=O)C(F)(F)F)C=C(S(=O)(=O)C(F)(F)F)C(OC)C1S(=O)(=O)C(F)(F)F. The molecule has 182 valence electrons. The van der Waals surface area contributed by atoms with Crippen LogP contribution in [0.15, 0.2) is 21.6 Å². The Bertz CT molecular complexity index is 1110. The van der Waals surface area contributed by atoms with Gasteiger partial charge in [-0.25, -0.2) is 25.3 Å². The lowest BCUT2D eigenvalue weighted by Crippen LogP contribution is -2.50. The van der Waals surface area contributed by atoms with Gasteiger partial charge >= 0.3 is 16.5 Å². The molecule has 0 amide bonds. The second-order valence-electron chi connectivity index (χ2n) is 5.45. The first-order valence-corrected chi connectivity index (χ1v) is 11.5. The van der Waals surface area contributed by atoms with Gasteiger partial charge in [-0.15, -0.1) is 0 Å². The van der Waals surface area contributed by atoms with Gasteiger partial charge < -0.3 is 9.47 Å². The van der Waals surface area contributed by atoms with Crippen LogP contribution in [0, 0.1) is 0 Å². The van der Waals surface area contributed by atoms with Crippen molar-refractivity contribution >= 4 is 29.5 Å². The molecular weight excluding hydrogens is 527 g/mol. The van der Waals surface area contributed by atoms with Crippen LogP contribution in [-0.2, 0) is 39.0 Å². The van der Waals surface area contributed by atoms with E-state index in [2.05, 4.69) is 9.47 Å². The van der Waals surface area contributed by atoms with Gasteiger partial charge in [0.15, 0.2) is 5.25 Å². The Hall–Kier alpha value is -1.54. The van der Waals surface area contributed by atoms with E-state index in [0.717, 1.165) is 0 Å². The topological polar surface area (TPSA) is 121 Å². The molecule has 8 nitrogen and oxygen atoms in total. The van der Waals surface area contributed by atoms with E-state index < -0.39 is 79.0 Å². The Balaban J connectivity index is 4.31. The van der Waals surface area contributed by atoms with Crippen molar-refractivity contribution < 1.29 is 74.2 Å². The van der Waals surface area contributed by atoms with Crippen LogP contribution < -0.4 is 0 Å². The van der Waals surface area contributed by atoms with E-state index in [-0.39, 0.29) is 14.2 Å². The van der Waals surface area contributed by atoms with Gasteiger partial charge in [-0.1, -0.05) is 0 Å². The van der Waals surface area contributed by atoms with Crippen LogP contribution in [0.3, 0.4) is 0 Å². The molecule has 2 unspecified atom stereocenters. The van der Waals surface area contributed by atoms with Crippen molar-refractivity contribution in [1.29, 1.82) is 0 Å². The fourth-order valence-electron chi connectivity index (χ4n) is 2.31. The minimum absolute atomic E-state index is 0.212. The molecule has 1 aliphatic carbocycles. The van der Waals surface area contributed by atoms with Crippen LogP contribution in [0.2, 0.25) is 0 Å². The van der Waals surface area contributed by atoms with Gasteiger partial charge in [0.1, 0.15) is 16.8 Å². The Morgan fingerprint density at radius 1 is 0.742 bits per heavy atom. The van der Waals surface area contributed by atoms with E-state index >= 15 is 0 Å². The lowest BCUT2D eigenvalue weighted by molar-refractivity contribution is -0.0465. The van der Waals surface area contributed by atoms with Gasteiger partial charge in [0.2, 0.25) is 0 Å². The smallest absolute Gasteiger partial charge is 0.498 e. The summed E-state index contributed by atoms with van der Waals surface area (Å²) in [7, 11) is -20.3. The number of rotatable bonds is 5. The quantitative estimate of drug-likeness (QED) is 0.489. The van der Waals surface area contributed by atoms with Crippen molar-refractivity contribution in [2.24, 2.45) is 0 Å². The Morgan fingerprint density at radius 3 is 1.45 bits per heavy atom. The lowest BCUT2D eigenvalue weighted by atomic mass is 10.1. The average Bonchev–Trinajstić information content (AvgIpc) is 2.56. The third kappa shape index (κ3) is 4.38. The van der Waals surface area contributed by atoms with Crippen LogP contribution in [0.5, 0.6) is 0 Å². The summed E-state index contributed by atoms with van der Waals surface area (Å²) in [5.74, 6) is -2.15. The molecule has 2 atom stereocenters. The Kier molecular flexibility index (Phi) is 6.92. The highest BCUT2D eigenvalue weighted by atomic mass is 32.2. The van der Waals surface area contributed by atoms with Gasteiger partial charge in [0, 0.05) is 7.11 Å². The fourth-order valence-corrected chi connectivity index (χ4v) is 6.01. The van der Waals surface area contributed by atoms with Crippen LogP contribution in [0.25, 0.3) is 0 Å². The standard InChI is InChI=1S/C11H9F9O8S3/c1-27-6-4(29(21,22)9(12,13)14)3-5(30(23,24)10(15,16)17)7(28-2)8(6)31(25,26)11(18,19)20/h3,6,8H,1-2H3. The second kappa shape index (κ2) is 7.80. The van der Waals surface area contributed by atoms with Gasteiger partial charge in [-0.3, -0.25) is 0 Å². The molecule has 0 spiro atoms. The molecule has 0 aromatic heterocycles. The zero-order chi connectivity index (χ0) is 25.0. The summed E-state index contributed by atoms with van der Waals surface area (Å²) in [6.07, 6.45) is -4.08. The molecular formula is C11H9F9O8S3. The van der Waals surface area contributed by atoms with Crippen LogP contribution in [0.1, 0.15) is 0 Å². The average molecular weight is 536 g/mol. The van der Waals surface area contributed by atoms with E-state index in [0.29, 0.717) is 0 Å². The van der Waals surface area contributed by atoms with Gasteiger partial charge in [-0.05, 0) is 6.08 Å². The maximum absolute atomic E-state index is 13.1. The number of alkyl halides is 9. The monoisotopic (exact) mass is 536 g/mol. The molecule has 0 aromatic carbocycles. The summed E-state index contributed by atoms with van der Waals surface area (Å²) in [6.45, 7) is 0. The zero-order valence-corrected chi connectivity index (χ0v) is 17.1. The van der Waals surface area contributed by atoms with Crippen molar-refractivity contribution in [2.75, 3.05) is 14.2 Å².